The first-order valence-corrected chi connectivity index (χ1v) is 19.0. The van der Waals surface area contributed by atoms with Crippen molar-refractivity contribution < 1.29 is 0 Å². The Morgan fingerprint density at radius 2 is 0.945 bits per heavy atom. The summed E-state index contributed by atoms with van der Waals surface area (Å²) in [4.78, 5) is 2.33. The molecule has 0 saturated carbocycles. The van der Waals surface area contributed by atoms with Gasteiger partial charge in [0.15, 0.2) is 0 Å². The van der Waals surface area contributed by atoms with Gasteiger partial charge in [-0.3, -0.25) is 0 Å². The highest BCUT2D eigenvalue weighted by Crippen LogP contribution is 2.46. The van der Waals surface area contributed by atoms with Crippen LogP contribution in [0, 0.1) is 0 Å². The van der Waals surface area contributed by atoms with Crippen LogP contribution in [0.3, 0.4) is 0 Å². The van der Waals surface area contributed by atoms with E-state index in [0.717, 1.165) is 29.1 Å². The molecule has 1 aliphatic carbocycles. The Morgan fingerprint density at radius 3 is 1.67 bits per heavy atom. The average Bonchev–Trinajstić information content (AvgIpc) is 3.33. The normalized spacial score (nSPS) is 16.3. The van der Waals surface area contributed by atoms with Gasteiger partial charge in [0.05, 0.1) is 0 Å². The van der Waals surface area contributed by atoms with Crippen molar-refractivity contribution in [1.82, 2.24) is 0 Å². The first-order valence-electron chi connectivity index (χ1n) is 19.0. The lowest BCUT2D eigenvalue weighted by Gasteiger charge is -2.37. The Balaban J connectivity index is 1.07. The van der Waals surface area contributed by atoms with Gasteiger partial charge in [-0.25, -0.2) is 0 Å². The molecule has 9 rings (SSSR count). The van der Waals surface area contributed by atoms with E-state index in [1.165, 1.54) is 55.3 Å². The van der Waals surface area contributed by atoms with Gasteiger partial charge in [0, 0.05) is 22.5 Å². The maximum Gasteiger partial charge on any atom is 0.0491 e. The Morgan fingerprint density at radius 1 is 0.418 bits per heavy atom. The second-order valence-corrected chi connectivity index (χ2v) is 14.2. The number of rotatable bonds is 7. The maximum absolute atomic E-state index is 4.47. The van der Waals surface area contributed by atoms with Crippen LogP contribution in [0.4, 0.5) is 17.1 Å². The van der Waals surface area contributed by atoms with E-state index in [1.807, 2.05) is 0 Å². The number of fused-ring (bicyclic) bond motifs is 2. The van der Waals surface area contributed by atoms with Gasteiger partial charge in [0.25, 0.3) is 0 Å². The summed E-state index contributed by atoms with van der Waals surface area (Å²) >= 11 is 0. The third-order valence-electron chi connectivity index (χ3n) is 11.0. The monoisotopic (exact) mass is 703 g/mol. The predicted molar refractivity (Wildman–Crippen MR) is 234 cm³/mol. The zero-order chi connectivity index (χ0) is 37.0. The molecule has 55 heavy (non-hydrogen) atoms. The van der Waals surface area contributed by atoms with Crippen LogP contribution in [0.25, 0.3) is 38.6 Å². The fraction of sp³-hybridized carbons (Fsp3) is 0.0370. The highest BCUT2D eigenvalue weighted by Gasteiger charge is 2.37. The Bertz CT molecular complexity index is 2640. The van der Waals surface area contributed by atoms with Gasteiger partial charge >= 0.3 is 0 Å². The second kappa shape index (κ2) is 14.8. The molecule has 1 aliphatic rings. The van der Waals surface area contributed by atoms with E-state index in [4.69, 9.17) is 0 Å². The molecule has 0 aliphatic heterocycles. The molecule has 8 aromatic carbocycles. The number of hydrogen-bond donors (Lipinski definition) is 0. The van der Waals surface area contributed by atoms with Gasteiger partial charge in [-0.05, 0) is 104 Å². The molecule has 0 amide bonds. The van der Waals surface area contributed by atoms with E-state index in [2.05, 4.69) is 236 Å². The quantitative estimate of drug-likeness (QED) is 0.160. The molecule has 0 aromatic heterocycles. The molecule has 0 bridgehead atoms. The standard InChI is InChI=1S/C54H41N/c1-40-16-5-4-14-39-54(45-19-6-2-7-20-45,53-26-13-12-23-50(40)53)46-33-27-41(28-34-46)42-29-35-48(36-30-42)55(47-21-8-3-9-22-47)49-37-31-44(32-38-49)52-25-15-18-43-17-10-11-24-51(43)52/h2-38H,1,39H2/b14-4-,16-5-. The minimum absolute atomic E-state index is 0.384. The third-order valence-corrected chi connectivity index (χ3v) is 11.0. The van der Waals surface area contributed by atoms with Crippen molar-refractivity contribution in [3.8, 4) is 22.3 Å². The molecule has 0 radical (unpaired) electrons. The fourth-order valence-corrected chi connectivity index (χ4v) is 8.31. The van der Waals surface area contributed by atoms with Crippen molar-refractivity contribution in [3.05, 3.63) is 253 Å². The SMILES string of the molecule is C=C1/C=C\C=C/CC(c2ccccc2)(c2ccc(-c3ccc(N(c4ccccc4)c4ccc(-c5cccc6ccccc56)cc4)cc3)cc2)c2ccccc21. The highest BCUT2D eigenvalue weighted by atomic mass is 15.1. The molecule has 1 atom stereocenters. The summed E-state index contributed by atoms with van der Waals surface area (Å²) in [5, 5.41) is 2.52. The van der Waals surface area contributed by atoms with Gasteiger partial charge < -0.3 is 4.90 Å². The molecule has 0 fully saturated rings. The van der Waals surface area contributed by atoms with Crippen LogP contribution in [-0.4, -0.2) is 0 Å². The van der Waals surface area contributed by atoms with Gasteiger partial charge in [-0.2, -0.15) is 0 Å². The van der Waals surface area contributed by atoms with E-state index < -0.39 is 0 Å². The molecule has 0 saturated heterocycles. The van der Waals surface area contributed by atoms with Gasteiger partial charge in [-0.1, -0.05) is 195 Å². The van der Waals surface area contributed by atoms with Crippen LogP contribution in [0.15, 0.2) is 231 Å². The molecule has 1 nitrogen and oxygen atoms in total. The van der Waals surface area contributed by atoms with Crippen molar-refractivity contribution in [1.29, 1.82) is 0 Å². The summed E-state index contributed by atoms with van der Waals surface area (Å²) in [6.07, 6.45) is 9.50. The van der Waals surface area contributed by atoms with Crippen LogP contribution in [-0.2, 0) is 5.41 Å². The van der Waals surface area contributed by atoms with Crippen LogP contribution in [0.2, 0.25) is 0 Å². The molecule has 0 N–H and O–H groups in total. The first-order chi connectivity index (χ1) is 27.2. The van der Waals surface area contributed by atoms with Crippen molar-refractivity contribution in [2.24, 2.45) is 0 Å². The number of nitrogens with zero attached hydrogens (tertiary/aromatic N) is 1. The summed E-state index contributed by atoms with van der Waals surface area (Å²) in [5.74, 6) is 0. The zero-order valence-electron chi connectivity index (χ0n) is 30.7. The molecule has 0 heterocycles. The zero-order valence-corrected chi connectivity index (χ0v) is 30.7. The summed E-state index contributed by atoms with van der Waals surface area (Å²) < 4.78 is 0. The van der Waals surface area contributed by atoms with Crippen molar-refractivity contribution >= 4 is 33.4 Å². The molecule has 1 unspecified atom stereocenters. The predicted octanol–water partition coefficient (Wildman–Crippen LogP) is 14.5. The van der Waals surface area contributed by atoms with Crippen LogP contribution >= 0.6 is 0 Å². The van der Waals surface area contributed by atoms with E-state index in [1.54, 1.807) is 0 Å². The first kappa shape index (κ1) is 33.8. The lowest BCUT2D eigenvalue weighted by atomic mass is 9.65. The largest absolute Gasteiger partial charge is 0.311 e. The number of hydrogen-bond acceptors (Lipinski definition) is 1. The summed E-state index contributed by atoms with van der Waals surface area (Å²) in [6, 6.07) is 72.5. The second-order valence-electron chi connectivity index (χ2n) is 14.2. The molecular weight excluding hydrogens is 663 g/mol. The maximum atomic E-state index is 4.47. The van der Waals surface area contributed by atoms with Crippen molar-refractivity contribution in [2.75, 3.05) is 4.90 Å². The summed E-state index contributed by atoms with van der Waals surface area (Å²) in [7, 11) is 0. The summed E-state index contributed by atoms with van der Waals surface area (Å²) in [5.41, 5.74) is 13.8. The molecule has 8 aromatic rings. The molecule has 0 spiro atoms. The van der Waals surface area contributed by atoms with Crippen molar-refractivity contribution in [3.63, 3.8) is 0 Å². The third kappa shape index (κ3) is 6.41. The van der Waals surface area contributed by atoms with Crippen molar-refractivity contribution in [2.45, 2.75) is 11.8 Å². The average molecular weight is 704 g/mol. The van der Waals surface area contributed by atoms with Crippen LogP contribution in [0.1, 0.15) is 28.7 Å². The number of anilines is 3. The number of benzene rings is 8. The Hall–Kier alpha value is -6.96. The Kier molecular flexibility index (Phi) is 9.12. The fourth-order valence-electron chi connectivity index (χ4n) is 8.31. The van der Waals surface area contributed by atoms with E-state index in [0.29, 0.717) is 0 Å². The van der Waals surface area contributed by atoms with Gasteiger partial charge in [-0.15, -0.1) is 0 Å². The lowest BCUT2D eigenvalue weighted by Crippen LogP contribution is -2.30. The van der Waals surface area contributed by atoms with E-state index >= 15 is 0 Å². The lowest BCUT2D eigenvalue weighted by molar-refractivity contribution is 0.626. The minimum atomic E-state index is -0.384. The highest BCUT2D eigenvalue weighted by molar-refractivity contribution is 5.97. The smallest absolute Gasteiger partial charge is 0.0491 e. The molecule has 1 heteroatoms. The minimum Gasteiger partial charge on any atom is -0.311 e. The van der Waals surface area contributed by atoms with Crippen LogP contribution in [0.5, 0.6) is 0 Å². The van der Waals surface area contributed by atoms with E-state index in [-0.39, 0.29) is 5.41 Å². The summed E-state index contributed by atoms with van der Waals surface area (Å²) in [6.45, 7) is 4.47. The number of para-hydroxylation sites is 1. The topological polar surface area (TPSA) is 3.24 Å². The van der Waals surface area contributed by atoms with Gasteiger partial charge in [0.2, 0.25) is 0 Å². The molecule has 262 valence electrons. The Labute approximate surface area is 324 Å². The van der Waals surface area contributed by atoms with E-state index in [9.17, 15) is 0 Å². The van der Waals surface area contributed by atoms with Gasteiger partial charge in [0.1, 0.15) is 0 Å². The van der Waals surface area contributed by atoms with Crippen LogP contribution < -0.4 is 4.90 Å². The number of allylic oxidation sites excluding steroid dienone is 5. The molecular formula is C54H41N.